The van der Waals surface area contributed by atoms with Crippen LogP contribution in [-0.4, -0.2) is 10.8 Å². The Morgan fingerprint density at radius 3 is 2.36 bits per heavy atom. The Morgan fingerprint density at radius 1 is 1.45 bits per heavy atom. The zero-order chi connectivity index (χ0) is 8.85. The maximum absolute atomic E-state index is 5.48. The van der Waals surface area contributed by atoms with Crippen LogP contribution in [0.3, 0.4) is 0 Å². The van der Waals surface area contributed by atoms with Crippen molar-refractivity contribution in [1.82, 2.24) is 0 Å². The van der Waals surface area contributed by atoms with Gasteiger partial charge in [-0.3, -0.25) is 0 Å². The summed E-state index contributed by atoms with van der Waals surface area (Å²) in [5, 5.41) is 0. The van der Waals surface area contributed by atoms with Gasteiger partial charge < -0.3 is 5.73 Å². The summed E-state index contributed by atoms with van der Waals surface area (Å²) in [4.78, 5) is 7.82. The van der Waals surface area contributed by atoms with E-state index in [0.29, 0.717) is 10.4 Å². The number of hydrogen-bond acceptors (Lipinski definition) is 3. The lowest BCUT2D eigenvalue weighted by atomic mass is 10.7. The van der Waals surface area contributed by atoms with E-state index in [1.54, 1.807) is 13.1 Å². The van der Waals surface area contributed by atoms with Gasteiger partial charge in [0.15, 0.2) is 5.82 Å². The van der Waals surface area contributed by atoms with Gasteiger partial charge in [-0.15, -0.1) is 0 Å². The van der Waals surface area contributed by atoms with E-state index in [2.05, 4.69) is 41.8 Å². The normalized spacial score (nSPS) is 15.5. The van der Waals surface area contributed by atoms with Crippen LogP contribution in [0.2, 0.25) is 0 Å². The van der Waals surface area contributed by atoms with Crippen molar-refractivity contribution in [1.29, 1.82) is 0 Å². The Morgan fingerprint density at radius 2 is 2.00 bits per heavy atom. The van der Waals surface area contributed by atoms with E-state index in [0.717, 1.165) is 4.62 Å². The summed E-state index contributed by atoms with van der Waals surface area (Å²) in [6.07, 6.45) is 1.61. The Labute approximate surface area is 82.7 Å². The molecule has 0 aromatic heterocycles. The minimum Gasteiger partial charge on any atom is -0.381 e. The average molecular weight is 283 g/mol. The second kappa shape index (κ2) is 5.49. The molecule has 2 N–H and O–H groups in total. The molecule has 0 fully saturated rings. The summed E-state index contributed by atoms with van der Waals surface area (Å²) in [6.45, 7) is 3.60. The van der Waals surface area contributed by atoms with E-state index in [4.69, 9.17) is 5.73 Å². The predicted molar refractivity (Wildman–Crippen MR) is 56.3 cm³/mol. The molecule has 0 aromatic carbocycles. The van der Waals surface area contributed by atoms with Crippen molar-refractivity contribution in [2.75, 3.05) is 0 Å². The molecule has 0 bridgehead atoms. The van der Waals surface area contributed by atoms with Gasteiger partial charge in [-0.05, 0) is 45.7 Å². The zero-order valence-corrected chi connectivity index (χ0v) is 9.48. The molecule has 0 rings (SSSR count). The molecule has 0 aliphatic rings. The quantitative estimate of drug-likeness (QED) is 0.614. The van der Waals surface area contributed by atoms with Crippen LogP contribution in [0.15, 0.2) is 20.4 Å². The van der Waals surface area contributed by atoms with Crippen LogP contribution in [0.1, 0.15) is 13.8 Å². The van der Waals surface area contributed by atoms with Crippen LogP contribution >= 0.6 is 31.9 Å². The predicted octanol–water partition coefficient (Wildman–Crippen LogP) is 2.37. The first-order valence-electron chi connectivity index (χ1n) is 2.92. The van der Waals surface area contributed by atoms with Gasteiger partial charge in [0, 0.05) is 6.21 Å². The third kappa shape index (κ3) is 5.15. The summed E-state index contributed by atoms with van der Waals surface area (Å²) in [6, 6.07) is 0. The fourth-order valence-electron chi connectivity index (χ4n) is 0.385. The lowest BCUT2D eigenvalue weighted by Gasteiger charge is -1.93. The number of hydrogen-bond donors (Lipinski definition) is 1. The molecule has 0 radical (unpaired) electrons. The number of aliphatic imine (C=N–C) groups is 2. The number of nitrogens with two attached hydrogens (primary N) is 1. The number of halogens is 2. The third-order valence-corrected chi connectivity index (χ3v) is 1.49. The molecule has 0 unspecified atom stereocenters. The number of nitrogens with zero attached hydrogens (tertiary/aromatic N) is 2. The van der Waals surface area contributed by atoms with Gasteiger partial charge in [-0.1, -0.05) is 0 Å². The molecular weight excluding hydrogens is 274 g/mol. The molecule has 62 valence electrons. The van der Waals surface area contributed by atoms with Gasteiger partial charge >= 0.3 is 0 Å². The fourth-order valence-corrected chi connectivity index (χ4v) is 1.17. The minimum atomic E-state index is 0.367. The molecule has 0 saturated carbocycles. The minimum absolute atomic E-state index is 0.367. The first-order chi connectivity index (χ1) is 5.07. The van der Waals surface area contributed by atoms with Crippen molar-refractivity contribution < 1.29 is 0 Å². The largest absolute Gasteiger partial charge is 0.381 e. The molecule has 3 nitrogen and oxygen atoms in total. The van der Waals surface area contributed by atoms with Crippen LogP contribution in [0.4, 0.5) is 0 Å². The van der Waals surface area contributed by atoms with E-state index < -0.39 is 0 Å². The van der Waals surface area contributed by atoms with Crippen LogP contribution in [-0.2, 0) is 0 Å². The highest BCUT2D eigenvalue weighted by molar-refractivity contribution is 9.18. The average Bonchev–Trinajstić information content (AvgIpc) is 1.86. The molecule has 0 atom stereocenters. The molecule has 5 heteroatoms. The lowest BCUT2D eigenvalue weighted by Crippen LogP contribution is -1.95. The lowest BCUT2D eigenvalue weighted by molar-refractivity contribution is 1.21. The smallest absolute Gasteiger partial charge is 0.156 e. The Bertz CT molecular complexity index is 214. The van der Waals surface area contributed by atoms with E-state index in [1.807, 2.05) is 6.92 Å². The summed E-state index contributed by atoms with van der Waals surface area (Å²) in [7, 11) is 0. The SMILES string of the molecule is C/C=N/C(N)=C(Br)\N=C(/C)Br. The second-order valence-electron chi connectivity index (χ2n) is 1.67. The first-order valence-corrected chi connectivity index (χ1v) is 4.51. The van der Waals surface area contributed by atoms with Crippen molar-refractivity contribution in [3.05, 3.63) is 10.4 Å². The van der Waals surface area contributed by atoms with E-state index >= 15 is 0 Å². The molecule has 0 aliphatic heterocycles. The van der Waals surface area contributed by atoms with E-state index in [9.17, 15) is 0 Å². The maximum atomic E-state index is 5.48. The Hall–Kier alpha value is -0.160. The molecule has 0 aromatic rings. The van der Waals surface area contributed by atoms with Crippen molar-refractivity contribution in [3.8, 4) is 0 Å². The summed E-state index contributed by atoms with van der Waals surface area (Å²) >= 11 is 6.34. The highest BCUT2D eigenvalue weighted by atomic mass is 79.9. The Balaban J connectivity index is 4.53. The second-order valence-corrected chi connectivity index (χ2v) is 3.57. The standard InChI is InChI=1S/C6H9Br2N3/c1-3-10-6(9)5(8)11-4(2)7/h3H,9H2,1-2H3/b6-5-,10-3+,11-4+. The number of rotatable bonds is 2. The van der Waals surface area contributed by atoms with Crippen LogP contribution < -0.4 is 5.73 Å². The van der Waals surface area contributed by atoms with Gasteiger partial charge in [-0.2, -0.15) is 0 Å². The molecule has 0 aliphatic carbocycles. The molecule has 0 amide bonds. The van der Waals surface area contributed by atoms with Crippen LogP contribution in [0.25, 0.3) is 0 Å². The van der Waals surface area contributed by atoms with Gasteiger partial charge in [0.1, 0.15) is 4.61 Å². The van der Waals surface area contributed by atoms with Crippen molar-refractivity contribution in [2.45, 2.75) is 13.8 Å². The highest BCUT2D eigenvalue weighted by Crippen LogP contribution is 2.12. The van der Waals surface area contributed by atoms with Gasteiger partial charge in [-0.25, -0.2) is 9.98 Å². The molecule has 0 spiro atoms. The van der Waals surface area contributed by atoms with E-state index in [-0.39, 0.29) is 0 Å². The fraction of sp³-hybridized carbons (Fsp3) is 0.333. The van der Waals surface area contributed by atoms with Crippen molar-refractivity contribution in [2.24, 2.45) is 15.7 Å². The molecular formula is C6H9Br2N3. The third-order valence-electron chi connectivity index (χ3n) is 0.732. The molecule has 0 heterocycles. The topological polar surface area (TPSA) is 50.7 Å². The van der Waals surface area contributed by atoms with Gasteiger partial charge in [0.05, 0.1) is 4.62 Å². The highest BCUT2D eigenvalue weighted by Gasteiger charge is 1.94. The summed E-state index contributed by atoms with van der Waals surface area (Å²) in [5.41, 5.74) is 5.48. The van der Waals surface area contributed by atoms with Gasteiger partial charge in [0.2, 0.25) is 0 Å². The zero-order valence-electron chi connectivity index (χ0n) is 6.31. The first kappa shape index (κ1) is 10.8. The maximum Gasteiger partial charge on any atom is 0.156 e. The summed E-state index contributed by atoms with van der Waals surface area (Å²) < 4.78 is 1.28. The monoisotopic (exact) mass is 281 g/mol. The Kier molecular flexibility index (Phi) is 5.41. The van der Waals surface area contributed by atoms with Crippen LogP contribution in [0, 0.1) is 0 Å². The molecule has 0 saturated heterocycles. The molecule has 11 heavy (non-hydrogen) atoms. The van der Waals surface area contributed by atoms with E-state index in [1.165, 1.54) is 0 Å². The van der Waals surface area contributed by atoms with Crippen molar-refractivity contribution >= 4 is 42.7 Å². The van der Waals surface area contributed by atoms with Crippen molar-refractivity contribution in [3.63, 3.8) is 0 Å². The van der Waals surface area contributed by atoms with Crippen LogP contribution in [0.5, 0.6) is 0 Å². The van der Waals surface area contributed by atoms with Gasteiger partial charge in [0.25, 0.3) is 0 Å². The summed E-state index contributed by atoms with van der Waals surface area (Å²) in [5.74, 6) is 0.367.